The summed E-state index contributed by atoms with van der Waals surface area (Å²) in [5.74, 6) is -0.951. The van der Waals surface area contributed by atoms with Crippen LogP contribution < -0.4 is 9.64 Å². The smallest absolute Gasteiger partial charge is 0.296 e. The van der Waals surface area contributed by atoms with Gasteiger partial charge in [0.25, 0.3) is 5.91 Å². The number of anilines is 1. The van der Waals surface area contributed by atoms with Gasteiger partial charge >= 0.3 is 0 Å². The molecule has 1 unspecified atom stereocenters. The number of amides is 1. The van der Waals surface area contributed by atoms with Crippen LogP contribution in [0, 0.1) is 27.7 Å². The molecule has 5 rings (SSSR count). The van der Waals surface area contributed by atoms with Crippen LogP contribution in [0.25, 0.3) is 10.2 Å². The van der Waals surface area contributed by atoms with E-state index in [1.807, 2.05) is 25.1 Å². The molecule has 2 N–H and O–H groups in total. The number of phenols is 1. The lowest BCUT2D eigenvalue weighted by Gasteiger charge is -2.25. The van der Waals surface area contributed by atoms with E-state index in [0.29, 0.717) is 55.3 Å². The molecule has 10 heteroatoms. The van der Waals surface area contributed by atoms with Gasteiger partial charge in [-0.15, -0.1) is 11.3 Å². The summed E-state index contributed by atoms with van der Waals surface area (Å²) in [6, 6.07) is 7.99. The molecule has 0 spiro atoms. The topological polar surface area (TPSA) is 113 Å². The maximum atomic E-state index is 13.8. The molecule has 1 atom stereocenters. The predicted molar refractivity (Wildman–Crippen MR) is 144 cm³/mol. The van der Waals surface area contributed by atoms with E-state index in [-0.39, 0.29) is 11.3 Å². The number of phenolic OH excluding ortho intramolecular Hbond substituents is 1. The molecule has 0 bridgehead atoms. The average Bonchev–Trinajstić information content (AvgIpc) is 3.50. The van der Waals surface area contributed by atoms with Crippen molar-refractivity contribution in [1.29, 1.82) is 0 Å². The number of thiazole rings is 2. The molecule has 3 heterocycles. The summed E-state index contributed by atoms with van der Waals surface area (Å²) in [5, 5.41) is 22.5. The van der Waals surface area contributed by atoms with Crippen LogP contribution in [-0.2, 0) is 4.79 Å². The zero-order valence-electron chi connectivity index (χ0n) is 20.9. The summed E-state index contributed by atoms with van der Waals surface area (Å²) in [5.41, 5.74) is 2.95. The number of benzene rings is 2. The number of carbonyl (C=O) groups is 2. The minimum atomic E-state index is -0.938. The van der Waals surface area contributed by atoms with E-state index in [9.17, 15) is 19.8 Å². The van der Waals surface area contributed by atoms with Gasteiger partial charge < -0.3 is 14.9 Å². The van der Waals surface area contributed by atoms with Crippen molar-refractivity contribution in [3.63, 3.8) is 0 Å². The van der Waals surface area contributed by atoms with Crippen molar-refractivity contribution in [2.24, 2.45) is 0 Å². The van der Waals surface area contributed by atoms with Crippen LogP contribution in [0.5, 0.6) is 11.5 Å². The number of nitrogens with zero attached hydrogens (tertiary/aromatic N) is 3. The molecule has 0 saturated heterocycles. The number of carbonyl (C=O) groups excluding carboxylic acids is 2. The Morgan fingerprint density at radius 1 is 1.05 bits per heavy atom. The van der Waals surface area contributed by atoms with Crippen LogP contribution in [0.2, 0.25) is 0 Å². The van der Waals surface area contributed by atoms with Crippen molar-refractivity contribution in [3.8, 4) is 11.5 Å². The van der Waals surface area contributed by atoms with E-state index >= 15 is 0 Å². The summed E-state index contributed by atoms with van der Waals surface area (Å²) < 4.78 is 6.41. The van der Waals surface area contributed by atoms with E-state index < -0.39 is 23.5 Å². The third-order valence-corrected chi connectivity index (χ3v) is 8.35. The molecule has 0 aliphatic carbocycles. The second-order valence-electron chi connectivity index (χ2n) is 8.88. The van der Waals surface area contributed by atoms with Gasteiger partial charge in [-0.25, -0.2) is 9.97 Å². The largest absolute Gasteiger partial charge is 0.507 e. The van der Waals surface area contributed by atoms with Crippen molar-refractivity contribution >= 4 is 49.7 Å². The van der Waals surface area contributed by atoms with E-state index in [1.54, 1.807) is 39.8 Å². The Kier molecular flexibility index (Phi) is 6.25. The number of aliphatic hydroxyl groups excluding tert-OH is 1. The number of aromatic nitrogens is 2. The second kappa shape index (κ2) is 9.28. The number of rotatable bonds is 6. The Morgan fingerprint density at radius 3 is 2.38 bits per heavy atom. The first kappa shape index (κ1) is 24.9. The fourth-order valence-electron chi connectivity index (χ4n) is 4.61. The maximum Gasteiger partial charge on any atom is 0.296 e. The van der Waals surface area contributed by atoms with Crippen LogP contribution in [0.1, 0.15) is 50.0 Å². The monoisotopic (exact) mass is 535 g/mol. The maximum absolute atomic E-state index is 13.8. The molecule has 1 aliphatic rings. The van der Waals surface area contributed by atoms with Gasteiger partial charge in [-0.3, -0.25) is 14.5 Å². The van der Waals surface area contributed by atoms with Crippen LogP contribution in [-0.4, -0.2) is 38.5 Å². The lowest BCUT2D eigenvalue weighted by molar-refractivity contribution is -0.117. The number of aliphatic hydroxyl groups is 1. The van der Waals surface area contributed by atoms with Crippen LogP contribution >= 0.6 is 22.7 Å². The average molecular weight is 536 g/mol. The summed E-state index contributed by atoms with van der Waals surface area (Å²) in [7, 11) is 0. The number of hydrogen-bond acceptors (Lipinski definition) is 9. The molecule has 190 valence electrons. The van der Waals surface area contributed by atoms with E-state index in [0.717, 1.165) is 4.70 Å². The summed E-state index contributed by atoms with van der Waals surface area (Å²) >= 11 is 2.50. The summed E-state index contributed by atoms with van der Waals surface area (Å²) in [4.78, 5) is 38.1. The van der Waals surface area contributed by atoms with Gasteiger partial charge in [-0.05, 0) is 81.6 Å². The Balaban J connectivity index is 1.70. The molecule has 1 amide bonds. The standard InChI is InChI=1S/C27H25N3O5S2/c1-6-35-17-7-8-18-19(11-17)37-27(29-18)30-21(16-9-12(2)22(31)13(3)10-16)20(24(33)26(30)34)23(32)25-14(4)28-15(5)36-25/h7-11,21,31,33H,6H2,1-5H3. The summed E-state index contributed by atoms with van der Waals surface area (Å²) in [6.45, 7) is 9.45. The number of ether oxygens (including phenoxy) is 1. The highest BCUT2D eigenvalue weighted by Crippen LogP contribution is 2.46. The molecule has 8 nitrogen and oxygen atoms in total. The third kappa shape index (κ3) is 4.15. The normalized spacial score (nSPS) is 15.8. The lowest BCUT2D eigenvalue weighted by atomic mass is 9.92. The SMILES string of the molecule is CCOc1ccc2nc(N3C(=O)C(O)=C(C(=O)c4sc(C)nc4C)C3c3cc(C)c(O)c(C)c3)sc2c1. The molecule has 0 radical (unpaired) electrons. The predicted octanol–water partition coefficient (Wildman–Crippen LogP) is 5.87. The van der Waals surface area contributed by atoms with E-state index in [2.05, 4.69) is 9.97 Å². The van der Waals surface area contributed by atoms with Gasteiger partial charge in [-0.2, -0.15) is 0 Å². The highest BCUT2D eigenvalue weighted by molar-refractivity contribution is 7.22. The fraction of sp³-hybridized carbons (Fsp3) is 0.259. The number of aromatic hydroxyl groups is 1. The molecule has 2 aromatic carbocycles. The first-order valence-corrected chi connectivity index (χ1v) is 13.3. The van der Waals surface area contributed by atoms with Gasteiger partial charge in [0.15, 0.2) is 10.9 Å². The summed E-state index contributed by atoms with van der Waals surface area (Å²) in [6.07, 6.45) is 0. The van der Waals surface area contributed by atoms with Crippen LogP contribution in [0.15, 0.2) is 41.7 Å². The minimum Gasteiger partial charge on any atom is -0.507 e. The number of fused-ring (bicyclic) bond motifs is 1. The van der Waals surface area contributed by atoms with Gasteiger partial charge in [0.2, 0.25) is 5.78 Å². The zero-order chi connectivity index (χ0) is 26.6. The highest BCUT2D eigenvalue weighted by Gasteiger charge is 2.46. The molecular formula is C27H25N3O5S2. The van der Waals surface area contributed by atoms with Crippen LogP contribution in [0.4, 0.5) is 5.13 Å². The zero-order valence-corrected chi connectivity index (χ0v) is 22.6. The molecule has 37 heavy (non-hydrogen) atoms. The molecule has 1 aliphatic heterocycles. The minimum absolute atomic E-state index is 0.0319. The first-order valence-electron chi connectivity index (χ1n) is 11.7. The van der Waals surface area contributed by atoms with Crippen molar-refractivity contribution in [1.82, 2.24) is 9.97 Å². The number of hydrogen-bond donors (Lipinski definition) is 2. The number of ketones is 1. The number of Topliss-reactive ketones (excluding diaryl/α,β-unsaturated/α-hetero) is 1. The molecule has 4 aromatic rings. The fourth-order valence-corrected chi connectivity index (χ4v) is 6.51. The molecule has 0 saturated carbocycles. The third-order valence-electron chi connectivity index (χ3n) is 6.26. The molecule has 0 fully saturated rings. The molecule has 2 aromatic heterocycles. The Labute approximate surface area is 221 Å². The van der Waals surface area contributed by atoms with Crippen molar-refractivity contribution in [2.75, 3.05) is 11.5 Å². The Morgan fingerprint density at radius 2 is 1.76 bits per heavy atom. The van der Waals surface area contributed by atoms with Gasteiger partial charge in [0.1, 0.15) is 11.5 Å². The quantitative estimate of drug-likeness (QED) is 0.297. The second-order valence-corrected chi connectivity index (χ2v) is 11.1. The van der Waals surface area contributed by atoms with Gasteiger partial charge in [0, 0.05) is 0 Å². The van der Waals surface area contributed by atoms with Crippen molar-refractivity contribution in [3.05, 3.63) is 73.9 Å². The molecular weight excluding hydrogens is 510 g/mol. The Hall–Kier alpha value is -3.76. The van der Waals surface area contributed by atoms with Crippen LogP contribution in [0.3, 0.4) is 0 Å². The number of aryl methyl sites for hydroxylation is 4. The first-order chi connectivity index (χ1) is 17.6. The van der Waals surface area contributed by atoms with E-state index in [1.165, 1.54) is 27.6 Å². The lowest BCUT2D eigenvalue weighted by Crippen LogP contribution is -2.31. The van der Waals surface area contributed by atoms with E-state index in [4.69, 9.17) is 4.74 Å². The van der Waals surface area contributed by atoms with Gasteiger partial charge in [-0.1, -0.05) is 11.3 Å². The van der Waals surface area contributed by atoms with Crippen molar-refractivity contribution in [2.45, 2.75) is 40.7 Å². The Bertz CT molecular complexity index is 1590. The van der Waals surface area contributed by atoms with Crippen molar-refractivity contribution < 1.29 is 24.5 Å². The highest BCUT2D eigenvalue weighted by atomic mass is 32.1. The van der Waals surface area contributed by atoms with Gasteiger partial charge in [0.05, 0.1) is 44.0 Å².